The zero-order valence-corrected chi connectivity index (χ0v) is 10.7. The summed E-state index contributed by atoms with van der Waals surface area (Å²) in [6, 6.07) is 5.02. The Hall–Kier alpha value is -1.42. The van der Waals surface area contributed by atoms with Crippen LogP contribution < -0.4 is 0 Å². The van der Waals surface area contributed by atoms with Crippen molar-refractivity contribution >= 4 is 5.69 Å². The molecule has 0 fully saturated rings. The maximum absolute atomic E-state index is 11.0. The predicted molar refractivity (Wildman–Crippen MR) is 67.1 cm³/mol. The topological polar surface area (TPSA) is 63.4 Å². The van der Waals surface area contributed by atoms with Gasteiger partial charge in [-0.25, -0.2) is 0 Å². The number of aliphatic hydroxyl groups is 1. The van der Waals surface area contributed by atoms with E-state index in [9.17, 15) is 15.2 Å². The van der Waals surface area contributed by atoms with Crippen LogP contribution in [-0.4, -0.2) is 16.1 Å². The van der Waals surface area contributed by atoms with Crippen molar-refractivity contribution in [1.82, 2.24) is 0 Å². The molecule has 1 aromatic rings. The third kappa shape index (κ3) is 2.82. The van der Waals surface area contributed by atoms with Gasteiger partial charge < -0.3 is 5.11 Å². The van der Waals surface area contributed by atoms with Crippen LogP contribution in [0.3, 0.4) is 0 Å². The summed E-state index contributed by atoms with van der Waals surface area (Å²) in [6.07, 6.45) is -0.602. The largest absolute Gasteiger partial charge is 0.393 e. The van der Waals surface area contributed by atoms with Gasteiger partial charge in [0.2, 0.25) is 0 Å². The molecule has 0 aromatic heterocycles. The van der Waals surface area contributed by atoms with Crippen molar-refractivity contribution in [3.05, 3.63) is 39.4 Å². The quantitative estimate of drug-likeness (QED) is 0.646. The van der Waals surface area contributed by atoms with Gasteiger partial charge in [0.25, 0.3) is 5.69 Å². The summed E-state index contributed by atoms with van der Waals surface area (Å²) >= 11 is 0. The lowest BCUT2D eigenvalue weighted by molar-refractivity contribution is -0.386. The second kappa shape index (κ2) is 5.27. The summed E-state index contributed by atoms with van der Waals surface area (Å²) in [6.45, 7) is 7.46. The summed E-state index contributed by atoms with van der Waals surface area (Å²) in [7, 11) is 0. The molecule has 2 unspecified atom stereocenters. The third-order valence-electron chi connectivity index (χ3n) is 3.07. The minimum absolute atomic E-state index is 0.101. The molecule has 0 radical (unpaired) electrons. The van der Waals surface area contributed by atoms with E-state index in [1.54, 1.807) is 13.0 Å². The predicted octanol–water partition coefficient (Wildman–Crippen LogP) is 3.02. The maximum Gasteiger partial charge on any atom is 0.273 e. The average Bonchev–Trinajstić information content (AvgIpc) is 2.19. The highest BCUT2D eigenvalue weighted by molar-refractivity contribution is 5.48. The third-order valence-corrected chi connectivity index (χ3v) is 3.07. The van der Waals surface area contributed by atoms with Crippen LogP contribution >= 0.6 is 0 Å². The van der Waals surface area contributed by atoms with Crippen LogP contribution in [0.1, 0.15) is 37.8 Å². The molecule has 0 aliphatic heterocycles. The van der Waals surface area contributed by atoms with Gasteiger partial charge in [0.1, 0.15) is 0 Å². The van der Waals surface area contributed by atoms with Gasteiger partial charge in [0.15, 0.2) is 0 Å². The standard InChI is InChI=1S/C13H19NO3/c1-8(2)12(10(4)15)13-9(3)6-5-7-11(13)14(16)17/h5-8,10,12,15H,1-4H3. The Morgan fingerprint density at radius 1 is 1.29 bits per heavy atom. The number of nitro groups is 1. The fraction of sp³-hybridized carbons (Fsp3) is 0.538. The summed E-state index contributed by atoms with van der Waals surface area (Å²) in [4.78, 5) is 10.7. The minimum Gasteiger partial charge on any atom is -0.393 e. The van der Waals surface area contributed by atoms with Crippen LogP contribution in [0.4, 0.5) is 5.69 Å². The van der Waals surface area contributed by atoms with E-state index in [1.807, 2.05) is 26.8 Å². The summed E-state index contributed by atoms with van der Waals surface area (Å²) in [5.41, 5.74) is 1.62. The van der Waals surface area contributed by atoms with Crippen molar-refractivity contribution in [1.29, 1.82) is 0 Å². The molecule has 0 aliphatic rings. The molecule has 0 amide bonds. The fourth-order valence-electron chi connectivity index (χ4n) is 2.39. The summed E-state index contributed by atoms with van der Waals surface area (Å²) in [5.74, 6) is -0.0635. The van der Waals surface area contributed by atoms with Crippen LogP contribution in [0.5, 0.6) is 0 Å². The van der Waals surface area contributed by atoms with Crippen molar-refractivity contribution in [3.63, 3.8) is 0 Å². The van der Waals surface area contributed by atoms with Crippen molar-refractivity contribution < 1.29 is 10.0 Å². The molecule has 94 valence electrons. The highest BCUT2D eigenvalue weighted by atomic mass is 16.6. The molecule has 0 saturated heterocycles. The molecule has 2 atom stereocenters. The van der Waals surface area contributed by atoms with Crippen LogP contribution in [0.15, 0.2) is 18.2 Å². The molecule has 0 bridgehead atoms. The molecule has 1 N–H and O–H groups in total. The number of hydrogen-bond donors (Lipinski definition) is 1. The lowest BCUT2D eigenvalue weighted by atomic mass is 9.81. The molecule has 0 spiro atoms. The number of aliphatic hydroxyl groups excluding tert-OH is 1. The van der Waals surface area contributed by atoms with E-state index >= 15 is 0 Å². The van der Waals surface area contributed by atoms with Gasteiger partial charge in [0, 0.05) is 17.5 Å². The van der Waals surface area contributed by atoms with Crippen LogP contribution in [0, 0.1) is 23.0 Å². The SMILES string of the molecule is Cc1cccc([N+](=O)[O-])c1C(C(C)C)C(C)O. The zero-order chi connectivity index (χ0) is 13.2. The fourth-order valence-corrected chi connectivity index (χ4v) is 2.39. The van der Waals surface area contributed by atoms with E-state index in [1.165, 1.54) is 6.07 Å². The van der Waals surface area contributed by atoms with E-state index < -0.39 is 6.10 Å². The Morgan fingerprint density at radius 2 is 1.88 bits per heavy atom. The molecule has 1 aromatic carbocycles. The molecular formula is C13H19NO3. The first-order valence-electron chi connectivity index (χ1n) is 5.78. The van der Waals surface area contributed by atoms with E-state index in [0.29, 0.717) is 5.56 Å². The Labute approximate surface area is 101 Å². The molecule has 4 nitrogen and oxygen atoms in total. The Bertz CT molecular complexity index is 405. The van der Waals surface area contributed by atoms with Gasteiger partial charge in [-0.05, 0) is 25.3 Å². The molecule has 0 saturated carbocycles. The van der Waals surface area contributed by atoms with Crippen LogP contribution in [-0.2, 0) is 0 Å². The Balaban J connectivity index is 3.40. The molecule has 1 rings (SSSR count). The minimum atomic E-state index is -0.602. The van der Waals surface area contributed by atoms with Crippen LogP contribution in [0.2, 0.25) is 0 Å². The number of aryl methyl sites for hydroxylation is 1. The number of nitro benzene ring substituents is 1. The zero-order valence-electron chi connectivity index (χ0n) is 10.7. The van der Waals surface area contributed by atoms with Gasteiger partial charge in [-0.1, -0.05) is 26.0 Å². The summed E-state index contributed by atoms with van der Waals surface area (Å²) < 4.78 is 0. The highest BCUT2D eigenvalue weighted by Crippen LogP contribution is 2.36. The molecule has 17 heavy (non-hydrogen) atoms. The van der Waals surface area contributed by atoms with Gasteiger partial charge in [-0.2, -0.15) is 0 Å². The molecule has 4 heteroatoms. The van der Waals surface area contributed by atoms with Crippen molar-refractivity contribution in [2.45, 2.75) is 39.7 Å². The van der Waals surface area contributed by atoms with Crippen molar-refractivity contribution in [2.24, 2.45) is 5.92 Å². The number of hydrogen-bond acceptors (Lipinski definition) is 3. The number of rotatable bonds is 4. The molecule has 0 aliphatic carbocycles. The van der Waals surface area contributed by atoms with Gasteiger partial charge in [0.05, 0.1) is 11.0 Å². The second-order valence-electron chi connectivity index (χ2n) is 4.78. The van der Waals surface area contributed by atoms with Gasteiger partial charge in [-0.15, -0.1) is 0 Å². The smallest absolute Gasteiger partial charge is 0.273 e. The Morgan fingerprint density at radius 3 is 2.29 bits per heavy atom. The number of nitrogens with zero attached hydrogens (tertiary/aromatic N) is 1. The van der Waals surface area contributed by atoms with Crippen molar-refractivity contribution in [2.75, 3.05) is 0 Å². The monoisotopic (exact) mass is 237 g/mol. The van der Waals surface area contributed by atoms with E-state index in [0.717, 1.165) is 5.56 Å². The Kier molecular flexibility index (Phi) is 4.23. The van der Waals surface area contributed by atoms with Crippen molar-refractivity contribution in [3.8, 4) is 0 Å². The van der Waals surface area contributed by atoms with Crippen LogP contribution in [0.25, 0.3) is 0 Å². The average molecular weight is 237 g/mol. The lowest BCUT2D eigenvalue weighted by Crippen LogP contribution is -2.22. The lowest BCUT2D eigenvalue weighted by Gasteiger charge is -2.25. The highest BCUT2D eigenvalue weighted by Gasteiger charge is 2.29. The van der Waals surface area contributed by atoms with Gasteiger partial charge in [-0.3, -0.25) is 10.1 Å². The second-order valence-corrected chi connectivity index (χ2v) is 4.78. The number of benzene rings is 1. The maximum atomic E-state index is 11.0. The molecule has 0 heterocycles. The first-order valence-corrected chi connectivity index (χ1v) is 5.78. The summed E-state index contributed by atoms with van der Waals surface area (Å²) in [5, 5.41) is 20.9. The first kappa shape index (κ1) is 13.6. The van der Waals surface area contributed by atoms with E-state index in [2.05, 4.69) is 0 Å². The molecular weight excluding hydrogens is 218 g/mol. The first-order chi connectivity index (χ1) is 7.86. The van der Waals surface area contributed by atoms with E-state index in [4.69, 9.17) is 0 Å². The van der Waals surface area contributed by atoms with E-state index in [-0.39, 0.29) is 22.4 Å². The van der Waals surface area contributed by atoms with Gasteiger partial charge >= 0.3 is 0 Å². The normalized spacial score (nSPS) is 14.7.